The van der Waals surface area contributed by atoms with E-state index in [1.54, 1.807) is 6.92 Å². The van der Waals surface area contributed by atoms with Gasteiger partial charge in [0.1, 0.15) is 6.04 Å². The van der Waals surface area contributed by atoms with E-state index in [1.807, 2.05) is 4.90 Å². The van der Waals surface area contributed by atoms with Crippen molar-refractivity contribution in [2.45, 2.75) is 25.8 Å². The highest BCUT2D eigenvalue weighted by molar-refractivity contribution is 5.73. The molecule has 1 unspecified atom stereocenters. The molecule has 2 aliphatic rings. The predicted octanol–water partition coefficient (Wildman–Crippen LogP) is 0.572. The van der Waals surface area contributed by atoms with Crippen molar-refractivity contribution in [1.82, 2.24) is 4.90 Å². The van der Waals surface area contributed by atoms with Crippen LogP contribution in [0.15, 0.2) is 0 Å². The predicted molar refractivity (Wildman–Crippen MR) is 51.2 cm³/mol. The molecule has 2 fully saturated rings. The van der Waals surface area contributed by atoms with Crippen LogP contribution in [0, 0.1) is 5.41 Å². The van der Waals surface area contributed by atoms with Crippen molar-refractivity contribution >= 4 is 5.97 Å². The van der Waals surface area contributed by atoms with Gasteiger partial charge in [0.05, 0.1) is 0 Å². The van der Waals surface area contributed by atoms with E-state index >= 15 is 0 Å². The Morgan fingerprint density at radius 1 is 1.43 bits per heavy atom. The quantitative estimate of drug-likeness (QED) is 0.706. The van der Waals surface area contributed by atoms with Gasteiger partial charge in [-0.05, 0) is 19.8 Å². The summed E-state index contributed by atoms with van der Waals surface area (Å²) in [4.78, 5) is 12.8. The van der Waals surface area contributed by atoms with Gasteiger partial charge in [-0.15, -0.1) is 0 Å². The van der Waals surface area contributed by atoms with Crippen LogP contribution in [0.4, 0.5) is 0 Å². The van der Waals surface area contributed by atoms with Gasteiger partial charge >= 0.3 is 5.97 Å². The van der Waals surface area contributed by atoms with Gasteiger partial charge in [-0.1, -0.05) is 0 Å². The third-order valence-electron chi connectivity index (χ3n) is 3.54. The first-order valence-electron chi connectivity index (χ1n) is 5.18. The maximum atomic E-state index is 10.7. The van der Waals surface area contributed by atoms with Crippen LogP contribution in [0.25, 0.3) is 0 Å². The molecule has 2 saturated heterocycles. The fourth-order valence-electron chi connectivity index (χ4n) is 2.37. The Morgan fingerprint density at radius 2 is 2.00 bits per heavy atom. The second-order valence-corrected chi connectivity index (χ2v) is 4.53. The number of carboxylic acid groups (broad SMARTS) is 1. The molecule has 80 valence electrons. The lowest BCUT2D eigenvalue weighted by atomic mass is 9.73. The van der Waals surface area contributed by atoms with E-state index in [1.165, 1.54) is 0 Å². The van der Waals surface area contributed by atoms with Gasteiger partial charge in [0.15, 0.2) is 0 Å². The first kappa shape index (κ1) is 9.93. The van der Waals surface area contributed by atoms with Crippen LogP contribution in [-0.2, 0) is 9.53 Å². The van der Waals surface area contributed by atoms with E-state index in [2.05, 4.69) is 0 Å². The molecule has 4 heteroatoms. The molecule has 0 radical (unpaired) electrons. The van der Waals surface area contributed by atoms with Crippen molar-refractivity contribution in [3.8, 4) is 0 Å². The van der Waals surface area contributed by atoms with Gasteiger partial charge in [0.2, 0.25) is 0 Å². The van der Waals surface area contributed by atoms with E-state index < -0.39 is 5.97 Å². The number of likely N-dealkylation sites (tertiary alicyclic amines) is 1. The maximum Gasteiger partial charge on any atom is 0.320 e. The summed E-state index contributed by atoms with van der Waals surface area (Å²) in [6, 6.07) is -0.330. The zero-order valence-electron chi connectivity index (χ0n) is 8.53. The summed E-state index contributed by atoms with van der Waals surface area (Å²) in [6.45, 7) is 5.31. The van der Waals surface area contributed by atoms with Crippen LogP contribution in [0.5, 0.6) is 0 Å². The zero-order valence-corrected chi connectivity index (χ0v) is 8.53. The minimum Gasteiger partial charge on any atom is -0.480 e. The molecule has 0 aromatic heterocycles. The maximum absolute atomic E-state index is 10.7. The number of carboxylic acids is 1. The Morgan fingerprint density at radius 3 is 2.50 bits per heavy atom. The minimum absolute atomic E-state index is 0.330. The van der Waals surface area contributed by atoms with Crippen molar-refractivity contribution in [3.05, 3.63) is 0 Å². The fraction of sp³-hybridized carbons (Fsp3) is 0.900. The molecular weight excluding hydrogens is 182 g/mol. The molecule has 4 nitrogen and oxygen atoms in total. The Kier molecular flexibility index (Phi) is 2.49. The normalized spacial score (nSPS) is 28.4. The topological polar surface area (TPSA) is 49.8 Å². The number of hydrogen-bond acceptors (Lipinski definition) is 3. The number of nitrogens with zero attached hydrogens (tertiary/aromatic N) is 1. The molecule has 0 aromatic carbocycles. The lowest BCUT2D eigenvalue weighted by Crippen LogP contribution is -2.62. The van der Waals surface area contributed by atoms with Crippen LogP contribution in [0.3, 0.4) is 0 Å². The Labute approximate surface area is 83.8 Å². The fourth-order valence-corrected chi connectivity index (χ4v) is 2.37. The summed E-state index contributed by atoms with van der Waals surface area (Å²) < 4.78 is 5.31. The lowest BCUT2D eigenvalue weighted by molar-refractivity contribution is -0.152. The molecular formula is C10H17NO3. The minimum atomic E-state index is -0.716. The summed E-state index contributed by atoms with van der Waals surface area (Å²) in [5.74, 6) is -0.716. The average molecular weight is 199 g/mol. The molecule has 1 atom stereocenters. The SMILES string of the molecule is CC(C(=O)O)N1CC2(CCOCC2)C1. The first-order chi connectivity index (χ1) is 6.63. The van der Waals surface area contributed by atoms with Crippen LogP contribution < -0.4 is 0 Å². The zero-order chi connectivity index (χ0) is 10.2. The van der Waals surface area contributed by atoms with E-state index in [9.17, 15) is 4.79 Å². The van der Waals surface area contributed by atoms with Crippen LogP contribution in [-0.4, -0.2) is 48.3 Å². The Bertz CT molecular complexity index is 228. The van der Waals surface area contributed by atoms with Crippen molar-refractivity contribution in [3.63, 3.8) is 0 Å². The highest BCUT2D eigenvalue weighted by Crippen LogP contribution is 2.40. The second kappa shape index (κ2) is 3.51. The van der Waals surface area contributed by atoms with Gasteiger partial charge in [0.25, 0.3) is 0 Å². The van der Waals surface area contributed by atoms with Crippen molar-refractivity contribution < 1.29 is 14.6 Å². The monoisotopic (exact) mass is 199 g/mol. The average Bonchev–Trinajstić information content (AvgIpc) is 2.14. The molecule has 14 heavy (non-hydrogen) atoms. The van der Waals surface area contributed by atoms with Crippen molar-refractivity contribution in [2.75, 3.05) is 26.3 Å². The van der Waals surface area contributed by atoms with Crippen LogP contribution in [0.1, 0.15) is 19.8 Å². The molecule has 2 aliphatic heterocycles. The van der Waals surface area contributed by atoms with Gasteiger partial charge in [0, 0.05) is 31.7 Å². The summed E-state index contributed by atoms with van der Waals surface area (Å²) in [7, 11) is 0. The molecule has 0 bridgehead atoms. The smallest absolute Gasteiger partial charge is 0.320 e. The molecule has 2 rings (SSSR count). The molecule has 2 heterocycles. The van der Waals surface area contributed by atoms with Crippen LogP contribution >= 0.6 is 0 Å². The summed E-state index contributed by atoms with van der Waals surface area (Å²) >= 11 is 0. The largest absolute Gasteiger partial charge is 0.480 e. The molecule has 1 spiro atoms. The third kappa shape index (κ3) is 1.64. The molecule has 0 amide bonds. The Hall–Kier alpha value is -0.610. The Balaban J connectivity index is 1.85. The second-order valence-electron chi connectivity index (χ2n) is 4.53. The number of carbonyl (C=O) groups is 1. The highest BCUT2D eigenvalue weighted by Gasteiger charge is 2.46. The van der Waals surface area contributed by atoms with E-state index in [0.29, 0.717) is 5.41 Å². The van der Waals surface area contributed by atoms with Crippen molar-refractivity contribution in [1.29, 1.82) is 0 Å². The van der Waals surface area contributed by atoms with Crippen LogP contribution in [0.2, 0.25) is 0 Å². The third-order valence-corrected chi connectivity index (χ3v) is 3.54. The number of rotatable bonds is 2. The van der Waals surface area contributed by atoms with Gasteiger partial charge in [-0.2, -0.15) is 0 Å². The van der Waals surface area contributed by atoms with E-state index in [4.69, 9.17) is 9.84 Å². The molecule has 0 saturated carbocycles. The molecule has 1 N–H and O–H groups in total. The van der Waals surface area contributed by atoms with Gasteiger partial charge < -0.3 is 9.84 Å². The van der Waals surface area contributed by atoms with Gasteiger partial charge in [-0.3, -0.25) is 9.69 Å². The number of aliphatic carboxylic acids is 1. The van der Waals surface area contributed by atoms with Gasteiger partial charge in [-0.25, -0.2) is 0 Å². The van der Waals surface area contributed by atoms with E-state index in [-0.39, 0.29) is 6.04 Å². The summed E-state index contributed by atoms with van der Waals surface area (Å²) in [6.07, 6.45) is 2.19. The molecule has 0 aromatic rings. The molecule has 0 aliphatic carbocycles. The standard InChI is InChI=1S/C10H17NO3/c1-8(9(12)13)11-6-10(7-11)2-4-14-5-3-10/h8H,2-7H2,1H3,(H,12,13). The van der Waals surface area contributed by atoms with E-state index in [0.717, 1.165) is 39.1 Å². The lowest BCUT2D eigenvalue weighted by Gasteiger charge is -2.53. The number of hydrogen-bond donors (Lipinski definition) is 1. The summed E-state index contributed by atoms with van der Waals surface area (Å²) in [5.41, 5.74) is 0.377. The summed E-state index contributed by atoms with van der Waals surface area (Å²) in [5, 5.41) is 8.84. The highest BCUT2D eigenvalue weighted by atomic mass is 16.5. The number of ether oxygens (including phenoxy) is 1. The first-order valence-corrected chi connectivity index (χ1v) is 5.18. The van der Waals surface area contributed by atoms with Crippen molar-refractivity contribution in [2.24, 2.45) is 5.41 Å².